The molecular formula is C17H22N6O. The summed E-state index contributed by atoms with van der Waals surface area (Å²) in [6.07, 6.45) is 4.90. The fraction of sp³-hybridized carbons (Fsp3) is 0.529. The lowest BCUT2D eigenvalue weighted by atomic mass is 10.0. The predicted molar refractivity (Wildman–Crippen MR) is 90.7 cm³/mol. The highest BCUT2D eigenvalue weighted by Crippen LogP contribution is 2.33. The summed E-state index contributed by atoms with van der Waals surface area (Å²) in [5.41, 5.74) is 1.84. The van der Waals surface area contributed by atoms with Gasteiger partial charge in [-0.05, 0) is 18.8 Å². The van der Waals surface area contributed by atoms with Crippen molar-refractivity contribution in [3.63, 3.8) is 0 Å². The van der Waals surface area contributed by atoms with Gasteiger partial charge in [0.05, 0.1) is 6.33 Å². The quantitative estimate of drug-likeness (QED) is 0.816. The highest BCUT2D eigenvalue weighted by atomic mass is 16.1. The Labute approximate surface area is 141 Å². The Balaban J connectivity index is 1.41. The van der Waals surface area contributed by atoms with E-state index in [1.54, 1.807) is 30.5 Å². The third kappa shape index (κ3) is 2.80. The van der Waals surface area contributed by atoms with Crippen LogP contribution in [0.2, 0.25) is 0 Å². The van der Waals surface area contributed by atoms with Gasteiger partial charge in [0, 0.05) is 63.3 Å². The fourth-order valence-electron chi connectivity index (χ4n) is 3.93. The zero-order valence-electron chi connectivity index (χ0n) is 14.1. The first kappa shape index (κ1) is 15.3. The van der Waals surface area contributed by atoms with Gasteiger partial charge in [-0.15, -0.1) is 0 Å². The van der Waals surface area contributed by atoms with Crippen LogP contribution in [0, 0.1) is 18.8 Å². The summed E-state index contributed by atoms with van der Waals surface area (Å²) in [6.45, 7) is 6.82. The molecule has 2 atom stereocenters. The Morgan fingerprint density at radius 3 is 2.62 bits per heavy atom. The van der Waals surface area contributed by atoms with Crippen LogP contribution in [-0.4, -0.2) is 50.6 Å². The van der Waals surface area contributed by atoms with E-state index >= 15 is 0 Å². The SMILES string of the molecule is Cc1cc(N2CC3CN(Cc4cncn(C)c4=O)CC3C2)ncn1. The zero-order chi connectivity index (χ0) is 16.7. The topological polar surface area (TPSA) is 67.2 Å². The van der Waals surface area contributed by atoms with Crippen LogP contribution < -0.4 is 10.5 Å². The third-order valence-electron chi connectivity index (χ3n) is 5.13. The highest BCUT2D eigenvalue weighted by molar-refractivity contribution is 5.40. The molecule has 2 aromatic rings. The molecule has 2 fully saturated rings. The maximum absolute atomic E-state index is 12.1. The number of hydrogen-bond acceptors (Lipinski definition) is 6. The predicted octanol–water partition coefficient (Wildman–Crippen LogP) is 0.447. The van der Waals surface area contributed by atoms with Gasteiger partial charge in [-0.3, -0.25) is 9.69 Å². The largest absolute Gasteiger partial charge is 0.356 e. The van der Waals surface area contributed by atoms with Gasteiger partial charge in [-0.1, -0.05) is 0 Å². The summed E-state index contributed by atoms with van der Waals surface area (Å²) in [7, 11) is 1.75. The number of likely N-dealkylation sites (tertiary alicyclic amines) is 1. The van der Waals surface area contributed by atoms with Crippen LogP contribution >= 0.6 is 0 Å². The minimum Gasteiger partial charge on any atom is -0.356 e. The first-order valence-electron chi connectivity index (χ1n) is 8.35. The molecule has 2 aromatic heterocycles. The molecule has 2 saturated heterocycles. The molecule has 24 heavy (non-hydrogen) atoms. The van der Waals surface area contributed by atoms with Gasteiger partial charge in [0.2, 0.25) is 0 Å². The van der Waals surface area contributed by atoms with Crippen molar-refractivity contribution in [1.82, 2.24) is 24.4 Å². The first-order valence-corrected chi connectivity index (χ1v) is 8.35. The minimum atomic E-state index is 0.0557. The molecule has 2 aliphatic heterocycles. The highest BCUT2D eigenvalue weighted by Gasteiger charge is 2.40. The average Bonchev–Trinajstić information content (AvgIpc) is 3.10. The van der Waals surface area contributed by atoms with Crippen molar-refractivity contribution in [3.8, 4) is 0 Å². The molecule has 4 heterocycles. The number of rotatable bonds is 3. The third-order valence-corrected chi connectivity index (χ3v) is 5.13. The Hall–Kier alpha value is -2.28. The van der Waals surface area contributed by atoms with Crippen LogP contribution in [0.3, 0.4) is 0 Å². The average molecular weight is 326 g/mol. The number of nitrogens with zero attached hydrogens (tertiary/aromatic N) is 6. The van der Waals surface area contributed by atoms with Crippen LogP contribution in [0.4, 0.5) is 5.82 Å². The zero-order valence-corrected chi connectivity index (χ0v) is 14.1. The second kappa shape index (κ2) is 5.98. The number of aromatic nitrogens is 4. The van der Waals surface area contributed by atoms with Gasteiger partial charge >= 0.3 is 0 Å². The molecule has 0 aliphatic carbocycles. The van der Waals surface area contributed by atoms with E-state index in [0.717, 1.165) is 43.3 Å². The number of anilines is 1. The Kier molecular flexibility index (Phi) is 3.80. The van der Waals surface area contributed by atoms with Crippen molar-refractivity contribution in [1.29, 1.82) is 0 Å². The lowest BCUT2D eigenvalue weighted by molar-refractivity contribution is 0.306. The van der Waals surface area contributed by atoms with Crippen molar-refractivity contribution in [2.24, 2.45) is 18.9 Å². The van der Waals surface area contributed by atoms with Crippen molar-refractivity contribution in [2.75, 3.05) is 31.1 Å². The van der Waals surface area contributed by atoms with E-state index in [1.165, 1.54) is 0 Å². The molecule has 0 bridgehead atoms. The van der Waals surface area contributed by atoms with Gasteiger partial charge in [0.25, 0.3) is 5.56 Å². The van der Waals surface area contributed by atoms with E-state index in [4.69, 9.17) is 0 Å². The second-order valence-electron chi connectivity index (χ2n) is 6.97. The summed E-state index contributed by atoms with van der Waals surface area (Å²) in [5, 5.41) is 0. The van der Waals surface area contributed by atoms with E-state index in [9.17, 15) is 4.79 Å². The van der Waals surface area contributed by atoms with Gasteiger partial charge < -0.3 is 9.47 Å². The minimum absolute atomic E-state index is 0.0557. The molecule has 0 amide bonds. The van der Waals surface area contributed by atoms with E-state index in [1.807, 2.05) is 6.92 Å². The lowest BCUT2D eigenvalue weighted by Gasteiger charge is -2.22. The normalized spacial score (nSPS) is 23.7. The lowest BCUT2D eigenvalue weighted by Crippen LogP contribution is -2.31. The van der Waals surface area contributed by atoms with E-state index in [2.05, 4.69) is 30.8 Å². The summed E-state index contributed by atoms with van der Waals surface area (Å²) >= 11 is 0. The van der Waals surface area contributed by atoms with Crippen LogP contribution in [-0.2, 0) is 13.6 Å². The molecule has 2 unspecified atom stereocenters. The molecule has 7 heteroatoms. The molecule has 0 saturated carbocycles. The first-order chi connectivity index (χ1) is 11.6. The van der Waals surface area contributed by atoms with E-state index in [-0.39, 0.29) is 5.56 Å². The van der Waals surface area contributed by atoms with Gasteiger partial charge in [-0.25, -0.2) is 15.0 Å². The summed E-state index contributed by atoms with van der Waals surface area (Å²) in [5.74, 6) is 2.31. The number of hydrogen-bond donors (Lipinski definition) is 0. The van der Waals surface area contributed by atoms with Gasteiger partial charge in [-0.2, -0.15) is 0 Å². The van der Waals surface area contributed by atoms with Crippen LogP contribution in [0.1, 0.15) is 11.3 Å². The maximum Gasteiger partial charge on any atom is 0.257 e. The van der Waals surface area contributed by atoms with E-state index in [0.29, 0.717) is 18.4 Å². The van der Waals surface area contributed by atoms with Crippen LogP contribution in [0.15, 0.2) is 29.7 Å². The van der Waals surface area contributed by atoms with Crippen molar-refractivity contribution < 1.29 is 0 Å². The van der Waals surface area contributed by atoms with Crippen molar-refractivity contribution in [3.05, 3.63) is 46.5 Å². The Morgan fingerprint density at radius 1 is 1.17 bits per heavy atom. The molecule has 4 rings (SSSR count). The van der Waals surface area contributed by atoms with Gasteiger partial charge in [0.1, 0.15) is 12.1 Å². The number of aryl methyl sites for hydroxylation is 2. The summed E-state index contributed by atoms with van der Waals surface area (Å²) in [4.78, 5) is 29.6. The van der Waals surface area contributed by atoms with Crippen LogP contribution in [0.25, 0.3) is 0 Å². The molecule has 0 N–H and O–H groups in total. The second-order valence-corrected chi connectivity index (χ2v) is 6.97. The van der Waals surface area contributed by atoms with Crippen LogP contribution in [0.5, 0.6) is 0 Å². The Bertz CT molecular complexity index is 790. The Morgan fingerprint density at radius 2 is 1.92 bits per heavy atom. The standard InChI is InChI=1S/C17H22N6O/c1-12-3-16(20-10-19-12)23-8-14-6-22(7-15(14)9-23)5-13-4-18-11-21(2)17(13)24/h3-4,10-11,14-15H,5-9H2,1-2H3. The molecule has 2 aliphatic rings. The fourth-order valence-corrected chi connectivity index (χ4v) is 3.93. The summed E-state index contributed by atoms with van der Waals surface area (Å²) < 4.78 is 1.55. The van der Waals surface area contributed by atoms with E-state index < -0.39 is 0 Å². The molecule has 126 valence electrons. The molecule has 0 aromatic carbocycles. The smallest absolute Gasteiger partial charge is 0.257 e. The maximum atomic E-state index is 12.1. The molecule has 7 nitrogen and oxygen atoms in total. The summed E-state index contributed by atoms with van der Waals surface area (Å²) in [6, 6.07) is 2.05. The number of fused-ring (bicyclic) bond motifs is 1. The van der Waals surface area contributed by atoms with Gasteiger partial charge in [0.15, 0.2) is 0 Å². The molecular weight excluding hydrogens is 304 g/mol. The van der Waals surface area contributed by atoms with Crippen molar-refractivity contribution >= 4 is 5.82 Å². The molecule has 0 spiro atoms. The monoisotopic (exact) mass is 326 g/mol. The van der Waals surface area contributed by atoms with Crippen molar-refractivity contribution in [2.45, 2.75) is 13.5 Å². The molecule has 0 radical (unpaired) electrons.